The zero-order chi connectivity index (χ0) is 16.3. The minimum absolute atomic E-state index is 0.131. The molecule has 1 aliphatic heterocycles. The summed E-state index contributed by atoms with van der Waals surface area (Å²) in [6, 6.07) is 6.12. The number of morpholine rings is 1. The van der Waals surface area contributed by atoms with Crippen molar-refractivity contribution in [2.24, 2.45) is 0 Å². The van der Waals surface area contributed by atoms with Crippen LogP contribution in [0.4, 0.5) is 0 Å². The van der Waals surface area contributed by atoms with Crippen molar-refractivity contribution in [2.75, 3.05) is 40.3 Å². The Bertz CT molecular complexity index is 645. The number of likely N-dealkylation sites (N-methyl/N-ethyl adjacent to an activating group) is 2. The summed E-state index contributed by atoms with van der Waals surface area (Å²) in [5, 5.41) is 0. The summed E-state index contributed by atoms with van der Waals surface area (Å²) in [6.07, 6.45) is -0.144. The molecule has 0 spiro atoms. The van der Waals surface area contributed by atoms with Crippen LogP contribution in [-0.2, 0) is 14.8 Å². The van der Waals surface area contributed by atoms with Crippen LogP contribution >= 0.6 is 0 Å². The highest BCUT2D eigenvalue weighted by atomic mass is 32.2. The highest BCUT2D eigenvalue weighted by molar-refractivity contribution is 7.89. The lowest BCUT2D eigenvalue weighted by Gasteiger charge is -2.32. The first kappa shape index (κ1) is 17.1. The van der Waals surface area contributed by atoms with E-state index in [1.807, 2.05) is 7.05 Å². The Morgan fingerprint density at radius 3 is 2.82 bits per heavy atom. The van der Waals surface area contributed by atoms with E-state index in [4.69, 9.17) is 4.74 Å². The molecule has 0 aromatic heterocycles. The SMILES string of the molecule is CC(=O)c1cccc(S(=O)(=O)N(C)CC2CN(C)CCO2)c1. The van der Waals surface area contributed by atoms with E-state index in [1.165, 1.54) is 30.4 Å². The van der Waals surface area contributed by atoms with E-state index in [0.717, 1.165) is 6.54 Å². The molecule has 1 aromatic carbocycles. The zero-order valence-electron chi connectivity index (χ0n) is 13.2. The second kappa shape index (κ2) is 6.87. The first-order chi connectivity index (χ1) is 10.3. The van der Waals surface area contributed by atoms with Gasteiger partial charge >= 0.3 is 0 Å². The summed E-state index contributed by atoms with van der Waals surface area (Å²) in [7, 11) is -0.107. The van der Waals surface area contributed by atoms with Crippen molar-refractivity contribution < 1.29 is 17.9 Å². The molecule has 22 heavy (non-hydrogen) atoms. The van der Waals surface area contributed by atoms with E-state index in [2.05, 4.69) is 4.90 Å². The van der Waals surface area contributed by atoms with Gasteiger partial charge in [-0.25, -0.2) is 8.42 Å². The first-order valence-corrected chi connectivity index (χ1v) is 8.62. The Labute approximate surface area is 131 Å². The summed E-state index contributed by atoms with van der Waals surface area (Å²) in [5.41, 5.74) is 0.392. The molecule has 1 unspecified atom stereocenters. The molecule has 0 bridgehead atoms. The van der Waals surface area contributed by atoms with Crippen LogP contribution < -0.4 is 0 Å². The standard InChI is InChI=1S/C15H22N2O4S/c1-12(18)13-5-4-6-15(9-13)22(19,20)17(3)11-14-10-16(2)7-8-21-14/h4-6,9,14H,7-8,10-11H2,1-3H3. The average molecular weight is 326 g/mol. The van der Waals surface area contributed by atoms with Crippen molar-refractivity contribution in [2.45, 2.75) is 17.9 Å². The van der Waals surface area contributed by atoms with Crippen molar-refractivity contribution in [3.8, 4) is 0 Å². The second-order valence-corrected chi connectivity index (χ2v) is 7.67. The predicted molar refractivity (Wildman–Crippen MR) is 83.5 cm³/mol. The number of nitrogens with zero attached hydrogens (tertiary/aromatic N) is 2. The number of hydrogen-bond donors (Lipinski definition) is 0. The molecule has 0 aliphatic carbocycles. The van der Waals surface area contributed by atoms with Gasteiger partial charge in [-0.2, -0.15) is 4.31 Å². The van der Waals surface area contributed by atoms with Crippen LogP contribution in [0.5, 0.6) is 0 Å². The molecule has 7 heteroatoms. The summed E-state index contributed by atoms with van der Waals surface area (Å²) in [5.74, 6) is -0.156. The number of carbonyl (C=O) groups is 1. The predicted octanol–water partition coefficient (Wildman–Crippen LogP) is 0.840. The highest BCUT2D eigenvalue weighted by Gasteiger charge is 2.26. The molecule has 0 N–H and O–H groups in total. The normalized spacial score (nSPS) is 20.3. The average Bonchev–Trinajstić information content (AvgIpc) is 2.47. The molecule has 122 valence electrons. The van der Waals surface area contributed by atoms with Crippen LogP contribution in [0.3, 0.4) is 0 Å². The second-order valence-electron chi connectivity index (χ2n) is 5.62. The quantitative estimate of drug-likeness (QED) is 0.750. The Morgan fingerprint density at radius 2 is 2.18 bits per heavy atom. The molecule has 6 nitrogen and oxygen atoms in total. The van der Waals surface area contributed by atoms with Crippen molar-refractivity contribution in [1.82, 2.24) is 9.21 Å². The largest absolute Gasteiger partial charge is 0.374 e. The van der Waals surface area contributed by atoms with Gasteiger partial charge in [-0.3, -0.25) is 4.79 Å². The van der Waals surface area contributed by atoms with Crippen molar-refractivity contribution >= 4 is 15.8 Å². The number of carbonyl (C=O) groups excluding carboxylic acids is 1. The number of Topliss-reactive ketones (excluding diaryl/α,β-unsaturated/α-hetero) is 1. The van der Waals surface area contributed by atoms with Crippen LogP contribution in [0.2, 0.25) is 0 Å². The number of rotatable bonds is 5. The molecule has 1 heterocycles. The van der Waals surface area contributed by atoms with Gasteiger partial charge < -0.3 is 9.64 Å². The van der Waals surface area contributed by atoms with Gasteiger partial charge in [0.05, 0.1) is 17.6 Å². The van der Waals surface area contributed by atoms with Gasteiger partial charge in [0.25, 0.3) is 0 Å². The van der Waals surface area contributed by atoms with Gasteiger partial charge in [0, 0.05) is 32.2 Å². The van der Waals surface area contributed by atoms with Crippen molar-refractivity contribution in [3.63, 3.8) is 0 Å². The Hall–Kier alpha value is -1.28. The molecule has 2 rings (SSSR count). The number of hydrogen-bond acceptors (Lipinski definition) is 5. The Kier molecular flexibility index (Phi) is 5.33. The van der Waals surface area contributed by atoms with E-state index in [1.54, 1.807) is 12.1 Å². The van der Waals surface area contributed by atoms with Gasteiger partial charge in [-0.05, 0) is 26.1 Å². The summed E-state index contributed by atoms with van der Waals surface area (Å²) >= 11 is 0. The Balaban J connectivity index is 2.15. The third-order valence-corrected chi connectivity index (χ3v) is 5.57. The van der Waals surface area contributed by atoms with Crippen LogP contribution in [0.15, 0.2) is 29.2 Å². The number of ketones is 1. The molecule has 1 saturated heterocycles. The van der Waals surface area contributed by atoms with Crippen molar-refractivity contribution in [3.05, 3.63) is 29.8 Å². The lowest BCUT2D eigenvalue weighted by Crippen LogP contribution is -2.46. The minimum Gasteiger partial charge on any atom is -0.374 e. The van der Waals surface area contributed by atoms with Gasteiger partial charge in [0.2, 0.25) is 10.0 Å². The molecule has 1 fully saturated rings. The third kappa shape index (κ3) is 3.92. The molecular weight excluding hydrogens is 304 g/mol. The highest BCUT2D eigenvalue weighted by Crippen LogP contribution is 2.17. The topological polar surface area (TPSA) is 66.9 Å². The molecule has 0 amide bonds. The maximum Gasteiger partial charge on any atom is 0.242 e. The first-order valence-electron chi connectivity index (χ1n) is 7.18. The third-order valence-electron chi connectivity index (χ3n) is 3.75. The van der Waals surface area contributed by atoms with Crippen LogP contribution in [-0.4, -0.2) is 69.8 Å². The summed E-state index contributed by atoms with van der Waals surface area (Å²) in [4.78, 5) is 13.7. The molecule has 0 saturated carbocycles. The fourth-order valence-corrected chi connectivity index (χ4v) is 3.67. The van der Waals surface area contributed by atoms with Gasteiger partial charge in [-0.15, -0.1) is 0 Å². The smallest absolute Gasteiger partial charge is 0.242 e. The maximum absolute atomic E-state index is 12.6. The van der Waals surface area contributed by atoms with E-state index < -0.39 is 10.0 Å². The molecular formula is C15H22N2O4S. The lowest BCUT2D eigenvalue weighted by molar-refractivity contribution is -0.0247. The van der Waals surface area contributed by atoms with E-state index in [-0.39, 0.29) is 23.3 Å². The minimum atomic E-state index is -3.63. The number of sulfonamides is 1. The van der Waals surface area contributed by atoms with Crippen LogP contribution in [0, 0.1) is 0 Å². The van der Waals surface area contributed by atoms with Gasteiger partial charge in [0.15, 0.2) is 5.78 Å². The molecule has 1 aromatic rings. The van der Waals surface area contributed by atoms with Gasteiger partial charge in [-0.1, -0.05) is 12.1 Å². The maximum atomic E-state index is 12.6. The molecule has 1 atom stereocenters. The Morgan fingerprint density at radius 1 is 1.45 bits per heavy atom. The lowest BCUT2D eigenvalue weighted by atomic mass is 10.2. The van der Waals surface area contributed by atoms with Crippen molar-refractivity contribution in [1.29, 1.82) is 0 Å². The van der Waals surface area contributed by atoms with Crippen LogP contribution in [0.25, 0.3) is 0 Å². The monoisotopic (exact) mass is 326 g/mol. The summed E-state index contributed by atoms with van der Waals surface area (Å²) in [6.45, 7) is 3.87. The fourth-order valence-electron chi connectivity index (χ4n) is 2.42. The van der Waals surface area contributed by atoms with Crippen LogP contribution in [0.1, 0.15) is 17.3 Å². The van der Waals surface area contributed by atoms with Gasteiger partial charge in [0.1, 0.15) is 0 Å². The van der Waals surface area contributed by atoms with E-state index >= 15 is 0 Å². The molecule has 0 radical (unpaired) electrons. The fraction of sp³-hybridized carbons (Fsp3) is 0.533. The molecule has 1 aliphatic rings. The number of ether oxygens (including phenoxy) is 1. The number of benzene rings is 1. The van der Waals surface area contributed by atoms with E-state index in [9.17, 15) is 13.2 Å². The zero-order valence-corrected chi connectivity index (χ0v) is 14.0. The summed E-state index contributed by atoms with van der Waals surface area (Å²) < 4.78 is 32.1. The van der Waals surface area contributed by atoms with E-state index in [0.29, 0.717) is 18.7 Å².